The fraction of sp³-hybridized carbons (Fsp3) is 0.481. The van der Waals surface area contributed by atoms with Gasteiger partial charge in [-0.3, -0.25) is 9.69 Å². The molecule has 7 nitrogen and oxygen atoms in total. The molecule has 34 heavy (non-hydrogen) atoms. The number of aliphatic hydroxyl groups is 1. The topological polar surface area (TPSA) is 74.6 Å². The maximum atomic E-state index is 12.5. The van der Waals surface area contributed by atoms with Gasteiger partial charge in [0.05, 0.1) is 12.3 Å². The lowest BCUT2D eigenvalue weighted by molar-refractivity contribution is -0.135. The molecule has 1 aliphatic carbocycles. The molecular weight excluding hydrogens is 430 g/mol. The molecule has 4 rings (SSSR count). The Bertz CT molecular complexity index is 968. The molecule has 2 aromatic rings. The van der Waals surface area contributed by atoms with Gasteiger partial charge in [0.15, 0.2) is 12.7 Å². The zero-order valence-corrected chi connectivity index (χ0v) is 20.0. The van der Waals surface area contributed by atoms with Gasteiger partial charge in [0.1, 0.15) is 5.75 Å². The average molecular weight is 466 g/mol. The van der Waals surface area contributed by atoms with E-state index in [0.29, 0.717) is 25.4 Å². The SMILES string of the molecule is CCC(=NOC1CCCc2ccccc21)c1ccc(OCC(=O)N2CCN(CCO)CC2)cc1. The van der Waals surface area contributed by atoms with Gasteiger partial charge in [-0.1, -0.05) is 36.3 Å². The highest BCUT2D eigenvalue weighted by Crippen LogP contribution is 2.32. The van der Waals surface area contributed by atoms with Gasteiger partial charge in [-0.25, -0.2) is 0 Å². The monoisotopic (exact) mass is 465 g/mol. The Hall–Kier alpha value is -2.90. The van der Waals surface area contributed by atoms with Crippen LogP contribution in [0, 0.1) is 0 Å². The van der Waals surface area contributed by atoms with Crippen molar-refractivity contribution in [3.05, 3.63) is 65.2 Å². The minimum atomic E-state index is -0.00954. The number of carbonyl (C=O) groups excluding carboxylic acids is 1. The number of hydrogen-bond donors (Lipinski definition) is 1. The molecule has 2 aromatic carbocycles. The fourth-order valence-corrected chi connectivity index (χ4v) is 4.61. The van der Waals surface area contributed by atoms with Crippen LogP contribution in [0.15, 0.2) is 53.7 Å². The van der Waals surface area contributed by atoms with E-state index >= 15 is 0 Å². The molecule has 1 amide bonds. The number of nitrogens with zero attached hydrogens (tertiary/aromatic N) is 3. The first-order valence-electron chi connectivity index (χ1n) is 12.3. The lowest BCUT2D eigenvalue weighted by Gasteiger charge is -2.34. The largest absolute Gasteiger partial charge is 0.484 e. The first kappa shape index (κ1) is 24.2. The van der Waals surface area contributed by atoms with Crippen LogP contribution in [0.4, 0.5) is 0 Å². The van der Waals surface area contributed by atoms with E-state index < -0.39 is 0 Å². The van der Waals surface area contributed by atoms with Crippen LogP contribution in [0.25, 0.3) is 0 Å². The van der Waals surface area contributed by atoms with E-state index in [-0.39, 0.29) is 25.2 Å². The van der Waals surface area contributed by atoms with Crippen molar-refractivity contribution in [1.29, 1.82) is 0 Å². The van der Waals surface area contributed by atoms with Crippen LogP contribution < -0.4 is 4.74 Å². The van der Waals surface area contributed by atoms with Crippen LogP contribution in [0.3, 0.4) is 0 Å². The van der Waals surface area contributed by atoms with Gasteiger partial charge in [-0.2, -0.15) is 0 Å². The summed E-state index contributed by atoms with van der Waals surface area (Å²) in [6.07, 6.45) is 3.96. The Morgan fingerprint density at radius 2 is 1.85 bits per heavy atom. The standard InChI is InChI=1S/C27H35N3O4/c1-2-25(28-34-26-9-5-7-21-6-3-4-8-24(21)26)22-10-12-23(13-11-22)33-20-27(32)30-16-14-29(15-17-30)18-19-31/h3-4,6,8,10-13,26,31H,2,5,7,9,14-20H2,1H3. The summed E-state index contributed by atoms with van der Waals surface area (Å²) in [5.41, 5.74) is 4.49. The van der Waals surface area contributed by atoms with Gasteiger partial charge in [0, 0.05) is 32.7 Å². The lowest BCUT2D eigenvalue weighted by atomic mass is 9.90. The van der Waals surface area contributed by atoms with Crippen molar-refractivity contribution in [2.75, 3.05) is 45.9 Å². The highest BCUT2D eigenvalue weighted by Gasteiger charge is 2.22. The minimum absolute atomic E-state index is 0.00521. The molecule has 1 unspecified atom stereocenters. The number of hydrogen-bond acceptors (Lipinski definition) is 6. The van der Waals surface area contributed by atoms with E-state index in [1.165, 1.54) is 11.1 Å². The van der Waals surface area contributed by atoms with Crippen LogP contribution in [-0.2, 0) is 16.1 Å². The average Bonchev–Trinajstić information content (AvgIpc) is 2.89. The second-order valence-corrected chi connectivity index (χ2v) is 8.84. The van der Waals surface area contributed by atoms with Crippen LogP contribution in [0.2, 0.25) is 0 Å². The summed E-state index contributed by atoms with van der Waals surface area (Å²) in [6.45, 7) is 5.82. The Morgan fingerprint density at radius 3 is 2.59 bits per heavy atom. The lowest BCUT2D eigenvalue weighted by Crippen LogP contribution is -2.50. The van der Waals surface area contributed by atoms with Gasteiger partial charge in [-0.15, -0.1) is 0 Å². The predicted molar refractivity (Wildman–Crippen MR) is 132 cm³/mol. The highest BCUT2D eigenvalue weighted by molar-refractivity contribution is 6.00. The van der Waals surface area contributed by atoms with Crippen LogP contribution in [-0.4, -0.2) is 72.5 Å². The molecule has 2 aliphatic rings. The van der Waals surface area contributed by atoms with E-state index in [4.69, 9.17) is 14.7 Å². The van der Waals surface area contributed by atoms with E-state index in [1.54, 1.807) is 0 Å². The summed E-state index contributed by atoms with van der Waals surface area (Å²) in [6, 6.07) is 16.1. The van der Waals surface area contributed by atoms with Gasteiger partial charge in [0.2, 0.25) is 0 Å². The van der Waals surface area contributed by atoms with Crippen molar-refractivity contribution in [2.45, 2.75) is 38.7 Å². The first-order chi connectivity index (χ1) is 16.7. The van der Waals surface area contributed by atoms with Crippen molar-refractivity contribution in [1.82, 2.24) is 9.80 Å². The minimum Gasteiger partial charge on any atom is -0.484 e. The Morgan fingerprint density at radius 1 is 1.09 bits per heavy atom. The molecule has 1 heterocycles. The smallest absolute Gasteiger partial charge is 0.260 e. The number of ether oxygens (including phenoxy) is 1. The number of fused-ring (bicyclic) bond motifs is 1. The van der Waals surface area contributed by atoms with Gasteiger partial charge in [-0.05, 0) is 66.6 Å². The molecule has 0 radical (unpaired) electrons. The Labute approximate surface area is 202 Å². The molecule has 1 N–H and O–H groups in total. The van der Waals surface area contributed by atoms with E-state index in [9.17, 15) is 4.79 Å². The third-order valence-electron chi connectivity index (χ3n) is 6.63. The molecular formula is C27H35N3O4. The summed E-state index contributed by atoms with van der Waals surface area (Å²) in [5, 5.41) is 13.6. The van der Waals surface area contributed by atoms with E-state index in [2.05, 4.69) is 41.2 Å². The molecule has 0 aromatic heterocycles. The fourth-order valence-electron chi connectivity index (χ4n) is 4.61. The molecule has 7 heteroatoms. The van der Waals surface area contributed by atoms with E-state index in [0.717, 1.165) is 50.0 Å². The summed E-state index contributed by atoms with van der Waals surface area (Å²) >= 11 is 0. The van der Waals surface area contributed by atoms with Gasteiger partial charge < -0.3 is 19.6 Å². The zero-order chi connectivity index (χ0) is 23.8. The molecule has 1 atom stereocenters. The number of oxime groups is 1. The van der Waals surface area contributed by atoms with Crippen molar-refractivity contribution >= 4 is 11.6 Å². The number of rotatable bonds is 9. The van der Waals surface area contributed by atoms with Crippen molar-refractivity contribution in [2.24, 2.45) is 5.16 Å². The Balaban J connectivity index is 1.30. The molecule has 0 bridgehead atoms. The number of β-amino-alcohol motifs (C(OH)–C–C–N with tert-alkyl or cyclic N) is 1. The predicted octanol–water partition coefficient (Wildman–Crippen LogP) is 3.41. The summed E-state index contributed by atoms with van der Waals surface area (Å²) in [5.74, 6) is 0.651. The molecule has 1 fully saturated rings. The zero-order valence-electron chi connectivity index (χ0n) is 20.0. The number of aliphatic hydroxyl groups excluding tert-OH is 1. The van der Waals surface area contributed by atoms with Gasteiger partial charge >= 0.3 is 0 Å². The molecule has 1 aliphatic heterocycles. The van der Waals surface area contributed by atoms with Crippen LogP contribution in [0.5, 0.6) is 5.75 Å². The normalized spacial score (nSPS) is 18.9. The third-order valence-corrected chi connectivity index (χ3v) is 6.63. The molecule has 182 valence electrons. The summed E-state index contributed by atoms with van der Waals surface area (Å²) in [7, 11) is 0. The second-order valence-electron chi connectivity index (χ2n) is 8.84. The van der Waals surface area contributed by atoms with Crippen molar-refractivity contribution in [3.63, 3.8) is 0 Å². The number of piperazine rings is 1. The number of carbonyl (C=O) groups is 1. The van der Waals surface area contributed by atoms with E-state index in [1.807, 2.05) is 29.2 Å². The molecule has 1 saturated heterocycles. The van der Waals surface area contributed by atoms with Crippen molar-refractivity contribution < 1.29 is 19.5 Å². The molecule has 0 spiro atoms. The second kappa shape index (κ2) is 12.0. The number of benzene rings is 2. The number of aryl methyl sites for hydroxylation is 1. The first-order valence-corrected chi connectivity index (χ1v) is 12.3. The quantitative estimate of drug-likeness (QED) is 0.454. The highest BCUT2D eigenvalue weighted by atomic mass is 16.6. The summed E-state index contributed by atoms with van der Waals surface area (Å²) < 4.78 is 5.74. The van der Waals surface area contributed by atoms with Gasteiger partial charge in [0.25, 0.3) is 5.91 Å². The summed E-state index contributed by atoms with van der Waals surface area (Å²) in [4.78, 5) is 22.5. The Kier molecular flexibility index (Phi) is 8.55. The van der Waals surface area contributed by atoms with Crippen LogP contribution >= 0.6 is 0 Å². The molecule has 0 saturated carbocycles. The number of amides is 1. The third kappa shape index (κ3) is 6.15. The maximum Gasteiger partial charge on any atom is 0.260 e. The van der Waals surface area contributed by atoms with Crippen LogP contribution in [0.1, 0.15) is 49.0 Å². The maximum absolute atomic E-state index is 12.5. The van der Waals surface area contributed by atoms with Crippen molar-refractivity contribution in [3.8, 4) is 5.75 Å².